The summed E-state index contributed by atoms with van der Waals surface area (Å²) in [7, 11) is 0. The van der Waals surface area contributed by atoms with Crippen LogP contribution < -0.4 is 16.0 Å². The highest BCUT2D eigenvalue weighted by molar-refractivity contribution is 5.97. The molecule has 0 radical (unpaired) electrons. The van der Waals surface area contributed by atoms with Crippen molar-refractivity contribution in [3.05, 3.63) is 83.4 Å². The molecule has 0 saturated heterocycles. The number of phenolic OH excluding ortho intramolecular Hbond substituents is 1. The van der Waals surface area contributed by atoms with Gasteiger partial charge in [0, 0.05) is 12.0 Å². The molecule has 3 amide bonds. The minimum Gasteiger partial charge on any atom is -0.506 e. The van der Waals surface area contributed by atoms with Gasteiger partial charge in [-0.2, -0.15) is 0 Å². The minimum absolute atomic E-state index is 0.0993. The number of benzene rings is 3. The standard InChI is InChI=1S/C39H49N3O8/c1-23(35(45)49-38(3,4)5)19-26(41-37(47)50-39(6,7)8)20-25-17-18-33(43)32(21-25)42-34(44)24(2)40-36(46)48-22-31-29-15-11-9-13-27(29)28-14-10-12-16-30(28)31/h9-18,21,23-24,26,31,43H,19-20,22H2,1-8H3,(H,40,46)(H,41,47)(H,42,44)/t23-,24-,26+/m0/s1. The van der Waals surface area contributed by atoms with Gasteiger partial charge < -0.3 is 35.3 Å². The number of alkyl carbamates (subject to hydrolysis) is 2. The van der Waals surface area contributed by atoms with Gasteiger partial charge in [0.2, 0.25) is 5.91 Å². The molecule has 11 heteroatoms. The van der Waals surface area contributed by atoms with Crippen molar-refractivity contribution in [2.75, 3.05) is 11.9 Å². The fraction of sp³-hybridized carbons (Fsp3) is 0.436. The van der Waals surface area contributed by atoms with Crippen LogP contribution in [-0.2, 0) is 30.2 Å². The van der Waals surface area contributed by atoms with Gasteiger partial charge >= 0.3 is 18.2 Å². The Morgan fingerprint density at radius 2 is 1.36 bits per heavy atom. The number of nitrogens with one attached hydrogen (secondary N) is 3. The summed E-state index contributed by atoms with van der Waals surface area (Å²) in [4.78, 5) is 51.3. The van der Waals surface area contributed by atoms with E-state index in [1.54, 1.807) is 60.6 Å². The Balaban J connectivity index is 1.38. The fourth-order valence-electron chi connectivity index (χ4n) is 5.81. The number of hydrogen-bond donors (Lipinski definition) is 4. The predicted octanol–water partition coefficient (Wildman–Crippen LogP) is 7.06. The van der Waals surface area contributed by atoms with Crippen LogP contribution in [0.15, 0.2) is 66.7 Å². The second-order valence-electron chi connectivity index (χ2n) is 14.7. The molecular weight excluding hydrogens is 638 g/mol. The Labute approximate surface area is 294 Å². The van der Waals surface area contributed by atoms with Crippen molar-refractivity contribution in [2.24, 2.45) is 5.92 Å². The van der Waals surface area contributed by atoms with Gasteiger partial charge in [-0.3, -0.25) is 9.59 Å². The molecule has 0 fully saturated rings. The molecule has 4 N–H and O–H groups in total. The maximum atomic E-state index is 13.1. The van der Waals surface area contributed by atoms with Gasteiger partial charge in [-0.05, 0) is 101 Å². The molecule has 0 bridgehead atoms. The van der Waals surface area contributed by atoms with E-state index in [0.717, 1.165) is 22.3 Å². The molecule has 0 spiro atoms. The molecule has 3 aromatic rings. The Morgan fingerprint density at radius 3 is 1.94 bits per heavy atom. The summed E-state index contributed by atoms with van der Waals surface area (Å²) in [6, 6.07) is 19.1. The summed E-state index contributed by atoms with van der Waals surface area (Å²) in [6.07, 6.45) is -0.886. The summed E-state index contributed by atoms with van der Waals surface area (Å²) >= 11 is 0. The molecule has 1 aliphatic carbocycles. The van der Waals surface area contributed by atoms with Crippen molar-refractivity contribution in [1.82, 2.24) is 10.6 Å². The van der Waals surface area contributed by atoms with E-state index in [4.69, 9.17) is 14.2 Å². The summed E-state index contributed by atoms with van der Waals surface area (Å²) in [5.74, 6) is -1.83. The number of carbonyl (C=O) groups is 4. The number of esters is 1. The molecular formula is C39H49N3O8. The van der Waals surface area contributed by atoms with Gasteiger partial charge in [0.05, 0.1) is 11.6 Å². The van der Waals surface area contributed by atoms with Crippen LogP contribution in [0, 0.1) is 5.92 Å². The van der Waals surface area contributed by atoms with E-state index in [2.05, 4.69) is 16.0 Å². The van der Waals surface area contributed by atoms with E-state index in [1.165, 1.54) is 13.0 Å². The monoisotopic (exact) mass is 687 g/mol. The molecule has 0 heterocycles. The Kier molecular flexibility index (Phi) is 11.8. The van der Waals surface area contributed by atoms with Crippen LogP contribution in [0.2, 0.25) is 0 Å². The zero-order valence-corrected chi connectivity index (χ0v) is 30.1. The molecule has 11 nitrogen and oxygen atoms in total. The van der Waals surface area contributed by atoms with Crippen LogP contribution in [0.1, 0.15) is 84.4 Å². The number of ether oxygens (including phenoxy) is 3. The lowest BCUT2D eigenvalue weighted by Gasteiger charge is -2.27. The SMILES string of the molecule is C[C@H](NC(=O)OCC1c2ccccc2-c2ccccc21)C(=O)Nc1cc(C[C@@H](C[C@H](C)C(=O)OC(C)(C)C)NC(=O)OC(C)(C)C)ccc1O. The molecule has 268 valence electrons. The predicted molar refractivity (Wildman–Crippen MR) is 191 cm³/mol. The van der Waals surface area contributed by atoms with Crippen LogP contribution in [0.5, 0.6) is 5.75 Å². The lowest BCUT2D eigenvalue weighted by Crippen LogP contribution is -2.42. The van der Waals surface area contributed by atoms with Gasteiger partial charge in [0.1, 0.15) is 29.6 Å². The Hall–Kier alpha value is -5.06. The molecule has 0 unspecified atom stereocenters. The summed E-state index contributed by atoms with van der Waals surface area (Å²) < 4.78 is 16.6. The zero-order valence-electron chi connectivity index (χ0n) is 30.1. The van der Waals surface area contributed by atoms with Gasteiger partial charge in [0.25, 0.3) is 0 Å². The smallest absolute Gasteiger partial charge is 0.407 e. The van der Waals surface area contributed by atoms with Crippen molar-refractivity contribution in [3.8, 4) is 16.9 Å². The highest BCUT2D eigenvalue weighted by Crippen LogP contribution is 2.44. The summed E-state index contributed by atoms with van der Waals surface area (Å²) in [5.41, 5.74) is 3.74. The summed E-state index contributed by atoms with van der Waals surface area (Å²) in [5, 5.41) is 18.6. The molecule has 50 heavy (non-hydrogen) atoms. The van der Waals surface area contributed by atoms with Crippen molar-refractivity contribution in [1.29, 1.82) is 0 Å². The fourth-order valence-corrected chi connectivity index (χ4v) is 5.81. The van der Waals surface area contributed by atoms with Gasteiger partial charge in [-0.15, -0.1) is 0 Å². The van der Waals surface area contributed by atoms with Crippen LogP contribution >= 0.6 is 0 Å². The first-order valence-corrected chi connectivity index (χ1v) is 16.9. The second-order valence-corrected chi connectivity index (χ2v) is 14.7. The number of fused-ring (bicyclic) bond motifs is 3. The molecule has 0 aliphatic heterocycles. The van der Waals surface area contributed by atoms with E-state index in [9.17, 15) is 24.3 Å². The second kappa shape index (κ2) is 15.7. The number of carbonyl (C=O) groups excluding carboxylic acids is 4. The number of phenols is 1. The van der Waals surface area contributed by atoms with Crippen LogP contribution in [-0.4, -0.2) is 59.1 Å². The maximum absolute atomic E-state index is 13.1. The lowest BCUT2D eigenvalue weighted by molar-refractivity contribution is -0.159. The van der Waals surface area contributed by atoms with E-state index in [0.29, 0.717) is 5.56 Å². The topological polar surface area (TPSA) is 152 Å². The molecule has 0 aromatic heterocycles. The highest BCUT2D eigenvalue weighted by atomic mass is 16.6. The molecule has 3 aromatic carbocycles. The zero-order chi connectivity index (χ0) is 36.8. The number of anilines is 1. The van der Waals surface area contributed by atoms with Crippen LogP contribution in [0.3, 0.4) is 0 Å². The van der Waals surface area contributed by atoms with Gasteiger partial charge in [0.15, 0.2) is 0 Å². The third kappa shape index (κ3) is 10.5. The third-order valence-corrected chi connectivity index (χ3v) is 8.04. The third-order valence-electron chi connectivity index (χ3n) is 8.04. The molecule has 0 saturated carbocycles. The van der Waals surface area contributed by atoms with E-state index < -0.39 is 53.3 Å². The van der Waals surface area contributed by atoms with E-state index >= 15 is 0 Å². The van der Waals surface area contributed by atoms with Gasteiger partial charge in [-0.1, -0.05) is 61.5 Å². The number of aromatic hydroxyl groups is 1. The maximum Gasteiger partial charge on any atom is 0.407 e. The average molecular weight is 688 g/mol. The van der Waals surface area contributed by atoms with Crippen molar-refractivity contribution >= 4 is 29.8 Å². The largest absolute Gasteiger partial charge is 0.506 e. The first-order valence-electron chi connectivity index (χ1n) is 16.9. The Morgan fingerprint density at radius 1 is 0.780 bits per heavy atom. The van der Waals surface area contributed by atoms with Crippen molar-refractivity contribution in [3.63, 3.8) is 0 Å². The summed E-state index contributed by atoms with van der Waals surface area (Å²) in [6.45, 7) is 14.0. The molecule has 4 rings (SSSR count). The van der Waals surface area contributed by atoms with E-state index in [-0.39, 0.29) is 36.8 Å². The lowest BCUT2D eigenvalue weighted by atomic mass is 9.95. The average Bonchev–Trinajstić information content (AvgIpc) is 3.33. The minimum atomic E-state index is -0.995. The number of amides is 3. The first-order chi connectivity index (χ1) is 23.4. The van der Waals surface area contributed by atoms with Crippen molar-refractivity contribution in [2.45, 2.75) is 97.4 Å². The quantitative estimate of drug-likeness (QED) is 0.0950. The van der Waals surface area contributed by atoms with Crippen molar-refractivity contribution < 1.29 is 38.5 Å². The number of rotatable bonds is 11. The van der Waals surface area contributed by atoms with Crippen LogP contribution in [0.25, 0.3) is 11.1 Å². The molecule has 3 atom stereocenters. The highest BCUT2D eigenvalue weighted by Gasteiger charge is 2.30. The van der Waals surface area contributed by atoms with Crippen LogP contribution in [0.4, 0.5) is 15.3 Å². The normalized spacial score (nSPS) is 14.3. The Bertz CT molecular complexity index is 1660. The number of hydrogen-bond acceptors (Lipinski definition) is 8. The van der Waals surface area contributed by atoms with E-state index in [1.807, 2.05) is 48.5 Å². The van der Waals surface area contributed by atoms with Gasteiger partial charge in [-0.25, -0.2) is 9.59 Å². The molecule has 1 aliphatic rings. The first kappa shape index (κ1) is 37.8.